The summed E-state index contributed by atoms with van der Waals surface area (Å²) >= 11 is 7.64. The summed E-state index contributed by atoms with van der Waals surface area (Å²) in [4.78, 5) is 26.9. The number of rotatable bonds is 8. The monoisotopic (exact) mass is 504 g/mol. The van der Waals surface area contributed by atoms with Gasteiger partial charge >= 0.3 is 0 Å². The molecule has 0 spiro atoms. The summed E-state index contributed by atoms with van der Waals surface area (Å²) in [6.07, 6.45) is 1.62. The number of nitrogens with one attached hydrogen (secondary N) is 2. The minimum absolute atomic E-state index is 0.0803. The third-order valence-corrected chi connectivity index (χ3v) is 5.89. The van der Waals surface area contributed by atoms with Gasteiger partial charge in [-0.2, -0.15) is 0 Å². The van der Waals surface area contributed by atoms with Gasteiger partial charge in [-0.3, -0.25) is 9.59 Å². The Morgan fingerprint density at radius 1 is 0.914 bits per heavy atom. The minimum Gasteiger partial charge on any atom is -0.497 e. The lowest BCUT2D eigenvalue weighted by Crippen LogP contribution is -2.30. The van der Waals surface area contributed by atoms with E-state index in [4.69, 9.17) is 21.1 Å². The first-order valence-electron chi connectivity index (χ1n) is 10.6. The van der Waals surface area contributed by atoms with Crippen molar-refractivity contribution in [2.45, 2.75) is 0 Å². The van der Waals surface area contributed by atoms with Crippen LogP contribution in [0, 0.1) is 0 Å². The molecule has 0 saturated heterocycles. The largest absolute Gasteiger partial charge is 0.497 e. The van der Waals surface area contributed by atoms with Crippen LogP contribution in [0.5, 0.6) is 17.2 Å². The highest BCUT2D eigenvalue weighted by Crippen LogP contribution is 2.33. The number of halogens is 1. The van der Waals surface area contributed by atoms with E-state index in [1.165, 1.54) is 11.3 Å². The van der Waals surface area contributed by atoms with Gasteiger partial charge in [-0.1, -0.05) is 35.9 Å². The molecule has 3 aromatic carbocycles. The lowest BCUT2D eigenvalue weighted by atomic mass is 10.2. The second-order valence-corrected chi connectivity index (χ2v) is 8.68. The molecule has 2 N–H and O–H groups in total. The number of amides is 2. The average molecular weight is 505 g/mol. The first-order valence-corrected chi connectivity index (χ1v) is 11.8. The van der Waals surface area contributed by atoms with Crippen molar-refractivity contribution in [3.63, 3.8) is 0 Å². The quantitative estimate of drug-likeness (QED) is 0.265. The van der Waals surface area contributed by atoms with Crippen LogP contribution in [0.3, 0.4) is 0 Å². The molecule has 0 radical (unpaired) electrons. The van der Waals surface area contributed by atoms with Gasteiger partial charge in [-0.15, -0.1) is 11.3 Å². The Balaban J connectivity index is 1.59. The molecule has 0 saturated carbocycles. The first-order chi connectivity index (χ1) is 17.0. The van der Waals surface area contributed by atoms with Crippen LogP contribution in [0.15, 0.2) is 96.0 Å². The van der Waals surface area contributed by atoms with Crippen molar-refractivity contribution in [2.24, 2.45) is 0 Å². The van der Waals surface area contributed by atoms with Crippen LogP contribution in [-0.2, 0) is 4.79 Å². The van der Waals surface area contributed by atoms with E-state index in [1.54, 1.807) is 79.9 Å². The Bertz CT molecular complexity index is 1340. The van der Waals surface area contributed by atoms with E-state index >= 15 is 0 Å². The molecule has 0 bridgehead atoms. The molecular formula is C27H21ClN2O4S. The van der Waals surface area contributed by atoms with E-state index in [0.29, 0.717) is 33.5 Å². The Labute approximate surface area is 211 Å². The topological polar surface area (TPSA) is 76.7 Å². The number of anilines is 1. The molecule has 0 aliphatic rings. The molecule has 35 heavy (non-hydrogen) atoms. The number of methoxy groups -OCH3 is 1. The summed E-state index contributed by atoms with van der Waals surface area (Å²) in [6.45, 7) is 0. The van der Waals surface area contributed by atoms with Gasteiger partial charge in [-0.05, 0) is 72.1 Å². The molecule has 4 aromatic rings. The van der Waals surface area contributed by atoms with Crippen molar-refractivity contribution >= 4 is 46.5 Å². The van der Waals surface area contributed by atoms with Crippen molar-refractivity contribution in [2.75, 3.05) is 12.4 Å². The van der Waals surface area contributed by atoms with E-state index in [2.05, 4.69) is 10.6 Å². The number of carbonyl (C=O) groups excluding carboxylic acids is 2. The van der Waals surface area contributed by atoms with Gasteiger partial charge < -0.3 is 20.1 Å². The van der Waals surface area contributed by atoms with E-state index < -0.39 is 11.8 Å². The Hall–Kier alpha value is -4.07. The average Bonchev–Trinajstić information content (AvgIpc) is 3.39. The Kier molecular flexibility index (Phi) is 7.82. The van der Waals surface area contributed by atoms with Gasteiger partial charge in [0, 0.05) is 15.5 Å². The van der Waals surface area contributed by atoms with Gasteiger partial charge in [-0.25, -0.2) is 0 Å². The fraction of sp³-hybridized carbons (Fsp3) is 0.0370. The van der Waals surface area contributed by atoms with Gasteiger partial charge in [0.05, 0.1) is 12.8 Å². The van der Waals surface area contributed by atoms with Crippen molar-refractivity contribution in [1.29, 1.82) is 0 Å². The van der Waals surface area contributed by atoms with Crippen molar-refractivity contribution < 1.29 is 19.1 Å². The van der Waals surface area contributed by atoms with E-state index in [0.717, 1.165) is 4.88 Å². The molecule has 0 aliphatic carbocycles. The smallest absolute Gasteiger partial charge is 0.272 e. The summed E-state index contributed by atoms with van der Waals surface area (Å²) in [5.74, 6) is 0.710. The van der Waals surface area contributed by atoms with Gasteiger partial charge in [0.15, 0.2) is 5.75 Å². The number of carbonyl (C=O) groups is 2. The first kappa shape index (κ1) is 24.1. The van der Waals surface area contributed by atoms with Crippen LogP contribution in [0.2, 0.25) is 5.02 Å². The number of ether oxygens (including phenoxy) is 2. The fourth-order valence-electron chi connectivity index (χ4n) is 3.11. The maximum atomic E-state index is 13.3. The molecule has 176 valence electrons. The fourth-order valence-corrected chi connectivity index (χ4v) is 3.94. The third kappa shape index (κ3) is 6.50. The molecule has 6 nitrogen and oxygen atoms in total. The zero-order valence-electron chi connectivity index (χ0n) is 18.7. The minimum atomic E-state index is -0.524. The standard InChI is InChI=1S/C27H21ClN2O4S/c1-33-20-10-12-21(13-11-20)34-25-14-9-19(28)16-23(25)29-27(32)24(17-22-8-5-15-35-22)30-26(31)18-6-3-2-4-7-18/h2-17H,1H3,(H,29,32)(H,30,31)/b24-17-. The summed E-state index contributed by atoms with van der Waals surface area (Å²) in [6, 6.07) is 24.3. The highest BCUT2D eigenvalue weighted by Gasteiger charge is 2.17. The summed E-state index contributed by atoms with van der Waals surface area (Å²) in [5, 5.41) is 7.83. The Morgan fingerprint density at radius 3 is 2.34 bits per heavy atom. The van der Waals surface area contributed by atoms with Crippen LogP contribution in [0.4, 0.5) is 5.69 Å². The summed E-state index contributed by atoms with van der Waals surface area (Å²) in [7, 11) is 1.58. The molecular weight excluding hydrogens is 484 g/mol. The SMILES string of the molecule is COc1ccc(Oc2ccc(Cl)cc2NC(=O)/C(=C/c2cccs2)NC(=O)c2ccccc2)cc1. The highest BCUT2D eigenvalue weighted by molar-refractivity contribution is 7.10. The molecule has 0 fully saturated rings. The second-order valence-electron chi connectivity index (χ2n) is 7.27. The number of thiophene rings is 1. The lowest BCUT2D eigenvalue weighted by Gasteiger charge is -2.15. The van der Waals surface area contributed by atoms with Crippen molar-refractivity contribution in [1.82, 2.24) is 5.32 Å². The highest BCUT2D eigenvalue weighted by atomic mass is 35.5. The zero-order chi connectivity index (χ0) is 24.6. The predicted octanol–water partition coefficient (Wildman–Crippen LogP) is 6.61. The van der Waals surface area contributed by atoms with E-state index in [9.17, 15) is 9.59 Å². The molecule has 0 atom stereocenters. The zero-order valence-corrected chi connectivity index (χ0v) is 20.2. The number of benzene rings is 3. The maximum absolute atomic E-state index is 13.3. The second kappa shape index (κ2) is 11.4. The lowest BCUT2D eigenvalue weighted by molar-refractivity contribution is -0.113. The van der Waals surface area contributed by atoms with Crippen LogP contribution in [-0.4, -0.2) is 18.9 Å². The van der Waals surface area contributed by atoms with Crippen molar-refractivity contribution in [3.05, 3.63) is 111 Å². The maximum Gasteiger partial charge on any atom is 0.272 e. The van der Waals surface area contributed by atoms with Crippen LogP contribution in [0.1, 0.15) is 15.2 Å². The van der Waals surface area contributed by atoms with Gasteiger partial charge in [0.1, 0.15) is 17.2 Å². The predicted molar refractivity (Wildman–Crippen MR) is 139 cm³/mol. The number of hydrogen-bond donors (Lipinski definition) is 2. The summed E-state index contributed by atoms with van der Waals surface area (Å²) in [5.41, 5.74) is 0.865. The van der Waals surface area contributed by atoms with Crippen molar-refractivity contribution in [3.8, 4) is 17.2 Å². The molecule has 1 heterocycles. The molecule has 4 rings (SSSR count). The van der Waals surface area contributed by atoms with Gasteiger partial charge in [0.2, 0.25) is 0 Å². The molecule has 2 amide bonds. The van der Waals surface area contributed by atoms with E-state index in [1.807, 2.05) is 23.6 Å². The Morgan fingerprint density at radius 2 is 1.66 bits per heavy atom. The normalized spacial score (nSPS) is 11.0. The molecule has 1 aromatic heterocycles. The van der Waals surface area contributed by atoms with Crippen LogP contribution < -0.4 is 20.1 Å². The molecule has 0 aliphatic heterocycles. The van der Waals surface area contributed by atoms with Crippen LogP contribution >= 0.6 is 22.9 Å². The summed E-state index contributed by atoms with van der Waals surface area (Å²) < 4.78 is 11.1. The molecule has 8 heteroatoms. The number of hydrogen-bond acceptors (Lipinski definition) is 5. The van der Waals surface area contributed by atoms with E-state index in [-0.39, 0.29) is 5.70 Å². The molecule has 0 unspecified atom stereocenters. The van der Waals surface area contributed by atoms with Gasteiger partial charge in [0.25, 0.3) is 11.8 Å². The third-order valence-electron chi connectivity index (χ3n) is 4.84. The van der Waals surface area contributed by atoms with Crippen LogP contribution in [0.25, 0.3) is 6.08 Å².